The summed E-state index contributed by atoms with van der Waals surface area (Å²) >= 11 is 6.18. The number of hydrogen-bond donors (Lipinski definition) is 1. The van der Waals surface area contributed by atoms with Gasteiger partial charge in [-0.2, -0.15) is 5.10 Å². The molecule has 0 saturated carbocycles. The van der Waals surface area contributed by atoms with E-state index in [0.29, 0.717) is 6.04 Å². The number of aryl methyl sites for hydroxylation is 2. The van der Waals surface area contributed by atoms with Crippen molar-refractivity contribution in [1.82, 2.24) is 15.1 Å². The van der Waals surface area contributed by atoms with Crippen LogP contribution in [0.4, 0.5) is 0 Å². The van der Waals surface area contributed by atoms with Gasteiger partial charge in [-0.1, -0.05) is 38.4 Å². The summed E-state index contributed by atoms with van der Waals surface area (Å²) in [5.41, 5.74) is 4.72. The smallest absolute Gasteiger partial charge is 0.0700 e. The SMILES string of the molecule is CCc1nn(C)cc1-c1cc(Cl)ccc1CNC(C)C. The van der Waals surface area contributed by atoms with Gasteiger partial charge >= 0.3 is 0 Å². The monoisotopic (exact) mass is 291 g/mol. The number of rotatable bonds is 5. The van der Waals surface area contributed by atoms with Gasteiger partial charge in [0.15, 0.2) is 0 Å². The molecule has 108 valence electrons. The lowest BCUT2D eigenvalue weighted by molar-refractivity contribution is 0.589. The number of benzene rings is 1. The van der Waals surface area contributed by atoms with Crippen molar-refractivity contribution in [3.05, 3.63) is 40.7 Å². The van der Waals surface area contributed by atoms with Gasteiger partial charge in [0.25, 0.3) is 0 Å². The second-order valence-electron chi connectivity index (χ2n) is 5.35. The van der Waals surface area contributed by atoms with Crippen LogP contribution in [-0.2, 0) is 20.0 Å². The van der Waals surface area contributed by atoms with E-state index in [-0.39, 0.29) is 0 Å². The molecule has 1 N–H and O–H groups in total. The van der Waals surface area contributed by atoms with E-state index < -0.39 is 0 Å². The Morgan fingerprint density at radius 2 is 2.05 bits per heavy atom. The van der Waals surface area contributed by atoms with Gasteiger partial charge < -0.3 is 5.32 Å². The molecular weight excluding hydrogens is 270 g/mol. The Labute approximate surface area is 126 Å². The zero-order valence-corrected chi connectivity index (χ0v) is 13.3. The highest BCUT2D eigenvalue weighted by Crippen LogP contribution is 2.29. The van der Waals surface area contributed by atoms with E-state index in [4.69, 9.17) is 11.6 Å². The van der Waals surface area contributed by atoms with Crippen LogP contribution >= 0.6 is 11.6 Å². The number of nitrogens with zero attached hydrogens (tertiary/aromatic N) is 2. The molecule has 0 unspecified atom stereocenters. The molecule has 3 nitrogen and oxygen atoms in total. The first-order valence-electron chi connectivity index (χ1n) is 7.06. The molecule has 0 saturated heterocycles. The summed E-state index contributed by atoms with van der Waals surface area (Å²) in [5, 5.41) is 8.75. The molecule has 0 amide bonds. The summed E-state index contributed by atoms with van der Waals surface area (Å²) < 4.78 is 1.87. The molecule has 2 rings (SSSR count). The molecule has 1 heterocycles. The van der Waals surface area contributed by atoms with E-state index in [1.165, 1.54) is 16.7 Å². The summed E-state index contributed by atoms with van der Waals surface area (Å²) in [4.78, 5) is 0. The van der Waals surface area contributed by atoms with Gasteiger partial charge in [0.05, 0.1) is 5.69 Å². The Morgan fingerprint density at radius 1 is 1.30 bits per heavy atom. The van der Waals surface area contributed by atoms with E-state index in [0.717, 1.165) is 23.7 Å². The fourth-order valence-corrected chi connectivity index (χ4v) is 2.46. The Hall–Kier alpha value is -1.32. The molecule has 0 bridgehead atoms. The number of nitrogens with one attached hydrogen (secondary N) is 1. The van der Waals surface area contributed by atoms with Crippen LogP contribution < -0.4 is 5.32 Å². The Bertz CT molecular complexity index is 587. The molecule has 0 aliphatic carbocycles. The van der Waals surface area contributed by atoms with Gasteiger partial charge in [-0.25, -0.2) is 0 Å². The quantitative estimate of drug-likeness (QED) is 0.908. The minimum atomic E-state index is 0.457. The first kappa shape index (κ1) is 15.1. The van der Waals surface area contributed by atoms with Gasteiger partial charge in [-0.15, -0.1) is 0 Å². The van der Waals surface area contributed by atoms with Gasteiger partial charge in [0.2, 0.25) is 0 Å². The van der Waals surface area contributed by atoms with Crippen molar-refractivity contribution in [3.63, 3.8) is 0 Å². The summed E-state index contributed by atoms with van der Waals surface area (Å²) in [5.74, 6) is 0. The van der Waals surface area contributed by atoms with Crippen LogP contribution in [0.1, 0.15) is 32.0 Å². The molecule has 0 radical (unpaired) electrons. The second kappa shape index (κ2) is 6.42. The van der Waals surface area contributed by atoms with Crippen LogP contribution in [0.3, 0.4) is 0 Å². The molecule has 4 heteroatoms. The molecule has 0 atom stereocenters. The molecular formula is C16H22ClN3. The third-order valence-electron chi connectivity index (χ3n) is 3.30. The summed E-state index contributed by atoms with van der Waals surface area (Å²) in [6.07, 6.45) is 2.99. The predicted molar refractivity (Wildman–Crippen MR) is 85.0 cm³/mol. The molecule has 0 aliphatic heterocycles. The lowest BCUT2D eigenvalue weighted by atomic mass is 9.99. The topological polar surface area (TPSA) is 29.9 Å². The largest absolute Gasteiger partial charge is 0.310 e. The maximum atomic E-state index is 6.18. The standard InChI is InChI=1S/C16H22ClN3/c1-5-16-15(10-20(4)19-16)14-8-13(17)7-6-12(14)9-18-11(2)3/h6-8,10-11,18H,5,9H2,1-4H3. The minimum absolute atomic E-state index is 0.457. The molecule has 1 aromatic heterocycles. The maximum absolute atomic E-state index is 6.18. The van der Waals surface area contributed by atoms with Gasteiger partial charge in [0.1, 0.15) is 0 Å². The van der Waals surface area contributed by atoms with Gasteiger partial charge in [-0.05, 0) is 29.7 Å². The van der Waals surface area contributed by atoms with E-state index in [1.807, 2.05) is 23.9 Å². The van der Waals surface area contributed by atoms with Crippen LogP contribution in [0, 0.1) is 0 Å². The highest BCUT2D eigenvalue weighted by Gasteiger charge is 2.13. The first-order chi connectivity index (χ1) is 9.51. The molecule has 20 heavy (non-hydrogen) atoms. The van der Waals surface area contributed by atoms with Crippen molar-refractivity contribution in [3.8, 4) is 11.1 Å². The zero-order chi connectivity index (χ0) is 14.7. The average molecular weight is 292 g/mol. The van der Waals surface area contributed by atoms with Crippen LogP contribution in [0.15, 0.2) is 24.4 Å². The third-order valence-corrected chi connectivity index (χ3v) is 3.54. The Kier molecular flexibility index (Phi) is 4.84. The van der Waals surface area contributed by atoms with Crippen molar-refractivity contribution >= 4 is 11.6 Å². The molecule has 0 spiro atoms. The van der Waals surface area contributed by atoms with E-state index >= 15 is 0 Å². The predicted octanol–water partition coefficient (Wildman–Crippen LogP) is 3.80. The molecule has 0 aliphatic rings. The maximum Gasteiger partial charge on any atom is 0.0700 e. The van der Waals surface area contributed by atoms with Crippen molar-refractivity contribution in [2.45, 2.75) is 39.8 Å². The van der Waals surface area contributed by atoms with Crippen molar-refractivity contribution < 1.29 is 0 Å². The number of hydrogen-bond acceptors (Lipinski definition) is 2. The first-order valence-corrected chi connectivity index (χ1v) is 7.43. The average Bonchev–Trinajstić information content (AvgIpc) is 2.78. The molecule has 1 aromatic carbocycles. The fraction of sp³-hybridized carbons (Fsp3) is 0.438. The van der Waals surface area contributed by atoms with Crippen LogP contribution in [-0.4, -0.2) is 15.8 Å². The summed E-state index contributed by atoms with van der Waals surface area (Å²) in [7, 11) is 1.96. The molecule has 2 aromatic rings. The normalized spacial score (nSPS) is 11.3. The van der Waals surface area contributed by atoms with Gasteiger partial charge in [-0.3, -0.25) is 4.68 Å². The zero-order valence-electron chi connectivity index (χ0n) is 12.6. The van der Waals surface area contributed by atoms with E-state index in [2.05, 4.69) is 43.4 Å². The highest BCUT2D eigenvalue weighted by atomic mass is 35.5. The summed E-state index contributed by atoms with van der Waals surface area (Å²) in [6.45, 7) is 7.26. The lowest BCUT2D eigenvalue weighted by Gasteiger charge is -2.13. The minimum Gasteiger partial charge on any atom is -0.310 e. The van der Waals surface area contributed by atoms with Crippen LogP contribution in [0.2, 0.25) is 5.02 Å². The summed E-state index contributed by atoms with van der Waals surface area (Å²) in [6, 6.07) is 6.54. The van der Waals surface area contributed by atoms with Crippen molar-refractivity contribution in [2.24, 2.45) is 7.05 Å². The van der Waals surface area contributed by atoms with Crippen molar-refractivity contribution in [2.75, 3.05) is 0 Å². The Balaban J connectivity index is 2.45. The van der Waals surface area contributed by atoms with Crippen molar-refractivity contribution in [1.29, 1.82) is 0 Å². The lowest BCUT2D eigenvalue weighted by Crippen LogP contribution is -2.22. The highest BCUT2D eigenvalue weighted by molar-refractivity contribution is 6.30. The van der Waals surface area contributed by atoms with Gasteiger partial charge in [0, 0.05) is 36.4 Å². The number of halogens is 1. The van der Waals surface area contributed by atoms with Crippen LogP contribution in [0.5, 0.6) is 0 Å². The van der Waals surface area contributed by atoms with Crippen LogP contribution in [0.25, 0.3) is 11.1 Å². The fourth-order valence-electron chi connectivity index (χ4n) is 2.29. The second-order valence-corrected chi connectivity index (χ2v) is 5.79. The van der Waals surface area contributed by atoms with E-state index in [1.54, 1.807) is 0 Å². The van der Waals surface area contributed by atoms with E-state index in [9.17, 15) is 0 Å². The number of aromatic nitrogens is 2. The third kappa shape index (κ3) is 3.41. The molecule has 0 fully saturated rings. The Morgan fingerprint density at radius 3 is 2.70 bits per heavy atom.